The van der Waals surface area contributed by atoms with E-state index in [9.17, 15) is 14.4 Å². The van der Waals surface area contributed by atoms with Crippen LogP contribution in [0.3, 0.4) is 0 Å². The van der Waals surface area contributed by atoms with Crippen LogP contribution in [0.5, 0.6) is 0 Å². The van der Waals surface area contributed by atoms with Gasteiger partial charge in [-0.25, -0.2) is 4.79 Å². The zero-order valence-corrected chi connectivity index (χ0v) is 12.7. The van der Waals surface area contributed by atoms with Crippen molar-refractivity contribution in [3.8, 4) is 0 Å². The number of hydrogen-bond donors (Lipinski definition) is 2. The van der Waals surface area contributed by atoms with Crippen LogP contribution in [0, 0.1) is 11.8 Å². The van der Waals surface area contributed by atoms with Crippen molar-refractivity contribution >= 4 is 17.9 Å². The Kier molecular flexibility index (Phi) is 4.14. The van der Waals surface area contributed by atoms with Crippen LogP contribution < -0.4 is 10.6 Å². The minimum atomic E-state index is -0.601. The first kappa shape index (κ1) is 15.3. The quantitative estimate of drug-likeness (QED) is 0.654. The molecule has 0 bridgehead atoms. The SMILES string of the molecule is CC1=CC(NC(=O)OCc2ccccc2)C2C(=O)NC(=O)C2C1. The first-order chi connectivity index (χ1) is 11.0. The summed E-state index contributed by atoms with van der Waals surface area (Å²) in [5.41, 5.74) is 1.86. The third kappa shape index (κ3) is 3.26. The Bertz CT molecular complexity index is 668. The maximum absolute atomic E-state index is 12.0. The molecule has 1 aliphatic heterocycles. The van der Waals surface area contributed by atoms with Gasteiger partial charge in [0.1, 0.15) is 6.61 Å². The minimum Gasteiger partial charge on any atom is -0.445 e. The average molecular weight is 314 g/mol. The standard InChI is InChI=1S/C17H18N2O4/c1-10-7-12-14(16(21)19-15(12)20)13(8-10)18-17(22)23-9-11-5-3-2-4-6-11/h2-6,8,12-14H,7,9H2,1H3,(H,18,22)(H,19,20,21). The van der Waals surface area contributed by atoms with Crippen LogP contribution in [0.4, 0.5) is 4.79 Å². The lowest BCUT2D eigenvalue weighted by Gasteiger charge is -2.28. The van der Waals surface area contributed by atoms with Crippen LogP contribution >= 0.6 is 0 Å². The zero-order chi connectivity index (χ0) is 16.4. The van der Waals surface area contributed by atoms with Crippen molar-refractivity contribution in [3.63, 3.8) is 0 Å². The van der Waals surface area contributed by atoms with Gasteiger partial charge in [0.25, 0.3) is 0 Å². The van der Waals surface area contributed by atoms with Crippen molar-refractivity contribution < 1.29 is 19.1 Å². The van der Waals surface area contributed by atoms with Gasteiger partial charge in [0.05, 0.1) is 17.9 Å². The van der Waals surface area contributed by atoms with Gasteiger partial charge in [-0.3, -0.25) is 14.9 Å². The van der Waals surface area contributed by atoms with E-state index < -0.39 is 24.0 Å². The van der Waals surface area contributed by atoms with Gasteiger partial charge in [0.2, 0.25) is 11.8 Å². The average Bonchev–Trinajstić information content (AvgIpc) is 2.81. The van der Waals surface area contributed by atoms with Crippen molar-refractivity contribution in [1.82, 2.24) is 10.6 Å². The predicted octanol–water partition coefficient (Wildman–Crippen LogP) is 1.52. The molecule has 1 heterocycles. The molecule has 3 rings (SSSR count). The number of hydrogen-bond acceptors (Lipinski definition) is 4. The summed E-state index contributed by atoms with van der Waals surface area (Å²) in [5.74, 6) is -1.57. The summed E-state index contributed by atoms with van der Waals surface area (Å²) in [6.45, 7) is 2.04. The topological polar surface area (TPSA) is 84.5 Å². The summed E-state index contributed by atoms with van der Waals surface area (Å²) in [7, 11) is 0. The molecule has 0 radical (unpaired) electrons. The number of imide groups is 1. The van der Waals surface area contributed by atoms with E-state index in [0.29, 0.717) is 6.42 Å². The van der Waals surface area contributed by atoms with Crippen molar-refractivity contribution in [1.29, 1.82) is 0 Å². The van der Waals surface area contributed by atoms with Crippen LogP contribution in [-0.2, 0) is 20.9 Å². The van der Waals surface area contributed by atoms with Gasteiger partial charge >= 0.3 is 6.09 Å². The molecule has 6 heteroatoms. The fraction of sp³-hybridized carbons (Fsp3) is 0.353. The monoisotopic (exact) mass is 314 g/mol. The van der Waals surface area contributed by atoms with Gasteiger partial charge in [-0.15, -0.1) is 0 Å². The van der Waals surface area contributed by atoms with Gasteiger partial charge < -0.3 is 10.1 Å². The van der Waals surface area contributed by atoms with Crippen LogP contribution in [-0.4, -0.2) is 23.9 Å². The maximum Gasteiger partial charge on any atom is 0.407 e. The fourth-order valence-electron chi connectivity index (χ4n) is 3.13. The molecular weight excluding hydrogens is 296 g/mol. The first-order valence-electron chi connectivity index (χ1n) is 7.54. The Morgan fingerprint density at radius 2 is 2.00 bits per heavy atom. The molecule has 3 unspecified atom stereocenters. The number of alkyl carbamates (subject to hydrolysis) is 1. The normalized spacial score (nSPS) is 26.1. The Labute approximate surface area is 133 Å². The van der Waals surface area contributed by atoms with E-state index in [0.717, 1.165) is 11.1 Å². The molecule has 1 fully saturated rings. The van der Waals surface area contributed by atoms with Crippen LogP contribution in [0.15, 0.2) is 42.0 Å². The summed E-state index contributed by atoms with van der Waals surface area (Å²) in [5, 5.41) is 5.03. The summed E-state index contributed by atoms with van der Waals surface area (Å²) < 4.78 is 5.18. The maximum atomic E-state index is 12.0. The number of rotatable bonds is 3. The number of ether oxygens (including phenoxy) is 1. The van der Waals surface area contributed by atoms with E-state index in [1.807, 2.05) is 43.3 Å². The lowest BCUT2D eigenvalue weighted by atomic mass is 9.78. The van der Waals surface area contributed by atoms with Crippen molar-refractivity contribution in [3.05, 3.63) is 47.5 Å². The molecule has 1 aromatic carbocycles. The molecule has 6 nitrogen and oxygen atoms in total. The van der Waals surface area contributed by atoms with Crippen LogP contribution in [0.2, 0.25) is 0 Å². The Hall–Kier alpha value is -2.63. The minimum absolute atomic E-state index is 0.154. The molecule has 120 valence electrons. The van der Waals surface area contributed by atoms with E-state index >= 15 is 0 Å². The number of carbonyl (C=O) groups is 3. The molecule has 1 saturated heterocycles. The van der Waals surface area contributed by atoms with Gasteiger partial charge in [0, 0.05) is 0 Å². The van der Waals surface area contributed by atoms with Crippen LogP contribution in [0.1, 0.15) is 18.9 Å². The van der Waals surface area contributed by atoms with E-state index in [4.69, 9.17) is 4.74 Å². The molecular formula is C17H18N2O4. The number of nitrogens with one attached hydrogen (secondary N) is 2. The van der Waals surface area contributed by atoms with Gasteiger partial charge in [-0.2, -0.15) is 0 Å². The Balaban J connectivity index is 1.64. The van der Waals surface area contributed by atoms with Gasteiger partial charge in [-0.05, 0) is 18.9 Å². The van der Waals surface area contributed by atoms with E-state index in [2.05, 4.69) is 10.6 Å². The molecule has 2 aliphatic rings. The third-order valence-corrected chi connectivity index (χ3v) is 4.21. The number of carbonyl (C=O) groups excluding carboxylic acids is 3. The molecule has 2 N–H and O–H groups in total. The largest absolute Gasteiger partial charge is 0.445 e. The van der Waals surface area contributed by atoms with Crippen molar-refractivity contribution in [2.24, 2.45) is 11.8 Å². The molecule has 0 aromatic heterocycles. The highest BCUT2D eigenvalue weighted by molar-refractivity contribution is 6.06. The second-order valence-electron chi connectivity index (χ2n) is 5.93. The zero-order valence-electron chi connectivity index (χ0n) is 12.7. The highest BCUT2D eigenvalue weighted by atomic mass is 16.5. The predicted molar refractivity (Wildman–Crippen MR) is 82.1 cm³/mol. The second kappa shape index (κ2) is 6.24. The summed E-state index contributed by atoms with van der Waals surface area (Å²) in [6, 6.07) is 8.80. The summed E-state index contributed by atoms with van der Waals surface area (Å²) in [6.07, 6.45) is 1.76. The number of allylic oxidation sites excluding steroid dienone is 1. The van der Waals surface area contributed by atoms with E-state index in [1.165, 1.54) is 0 Å². The number of amides is 3. The van der Waals surface area contributed by atoms with Gasteiger partial charge in [0.15, 0.2) is 0 Å². The van der Waals surface area contributed by atoms with Crippen molar-refractivity contribution in [2.75, 3.05) is 0 Å². The fourth-order valence-corrected chi connectivity index (χ4v) is 3.13. The summed E-state index contributed by atoms with van der Waals surface area (Å²) >= 11 is 0. The number of fused-ring (bicyclic) bond motifs is 1. The summed E-state index contributed by atoms with van der Waals surface area (Å²) in [4.78, 5) is 35.7. The van der Waals surface area contributed by atoms with Crippen molar-refractivity contribution in [2.45, 2.75) is 26.0 Å². The number of benzene rings is 1. The third-order valence-electron chi connectivity index (χ3n) is 4.21. The highest BCUT2D eigenvalue weighted by Crippen LogP contribution is 2.33. The molecule has 0 saturated carbocycles. The Morgan fingerprint density at radius 1 is 1.26 bits per heavy atom. The first-order valence-corrected chi connectivity index (χ1v) is 7.54. The molecule has 3 amide bonds. The Morgan fingerprint density at radius 3 is 2.74 bits per heavy atom. The molecule has 3 atom stereocenters. The van der Waals surface area contributed by atoms with Gasteiger partial charge in [-0.1, -0.05) is 42.0 Å². The van der Waals surface area contributed by atoms with E-state index in [-0.39, 0.29) is 18.4 Å². The lowest BCUT2D eigenvalue weighted by Crippen LogP contribution is -2.45. The molecule has 0 spiro atoms. The lowest BCUT2D eigenvalue weighted by molar-refractivity contribution is -0.126. The molecule has 23 heavy (non-hydrogen) atoms. The second-order valence-corrected chi connectivity index (χ2v) is 5.93. The molecule has 1 aliphatic carbocycles. The smallest absolute Gasteiger partial charge is 0.407 e. The highest BCUT2D eigenvalue weighted by Gasteiger charge is 2.47. The van der Waals surface area contributed by atoms with E-state index in [1.54, 1.807) is 0 Å². The van der Waals surface area contributed by atoms with Crippen LogP contribution in [0.25, 0.3) is 0 Å². The molecule has 1 aromatic rings.